The highest BCUT2D eigenvalue weighted by molar-refractivity contribution is 7.90. The van der Waals surface area contributed by atoms with Crippen LogP contribution in [0.5, 0.6) is 0 Å². The first kappa shape index (κ1) is 20.4. The maximum Gasteiger partial charge on any atom is 0.191 e. The highest BCUT2D eigenvalue weighted by Crippen LogP contribution is 2.43. The van der Waals surface area contributed by atoms with Gasteiger partial charge in [-0.15, -0.1) is 0 Å². The zero-order valence-corrected chi connectivity index (χ0v) is 17.4. The third-order valence-corrected chi connectivity index (χ3v) is 6.53. The van der Waals surface area contributed by atoms with E-state index in [4.69, 9.17) is 0 Å². The van der Waals surface area contributed by atoms with E-state index in [-0.39, 0.29) is 5.41 Å². The van der Waals surface area contributed by atoms with E-state index in [9.17, 15) is 8.42 Å². The van der Waals surface area contributed by atoms with Crippen molar-refractivity contribution in [3.05, 3.63) is 65.7 Å². The van der Waals surface area contributed by atoms with Gasteiger partial charge in [0, 0.05) is 24.8 Å². The van der Waals surface area contributed by atoms with Gasteiger partial charge in [-0.05, 0) is 43.0 Å². The van der Waals surface area contributed by atoms with E-state index in [1.165, 1.54) is 31.1 Å². The Bertz CT molecular complexity index is 903. The van der Waals surface area contributed by atoms with Crippen LogP contribution >= 0.6 is 0 Å². The molecule has 28 heavy (non-hydrogen) atoms. The van der Waals surface area contributed by atoms with Crippen molar-refractivity contribution in [1.29, 1.82) is 0 Å². The van der Waals surface area contributed by atoms with Gasteiger partial charge in [-0.3, -0.25) is 0 Å². The van der Waals surface area contributed by atoms with E-state index >= 15 is 0 Å². The van der Waals surface area contributed by atoms with Gasteiger partial charge in [0.25, 0.3) is 0 Å². The van der Waals surface area contributed by atoms with Gasteiger partial charge < -0.3 is 10.6 Å². The number of aliphatic imine (C=N–C) groups is 1. The fourth-order valence-electron chi connectivity index (χ4n) is 3.57. The van der Waals surface area contributed by atoms with Crippen molar-refractivity contribution in [3.63, 3.8) is 0 Å². The minimum absolute atomic E-state index is 0.189. The SMILES string of the molecule is CCNC(=NCc1ccc(S(C)(=O)=O)cc1)NCC1(c2ccccc2)CCC1. The molecule has 5 nitrogen and oxygen atoms in total. The van der Waals surface area contributed by atoms with Gasteiger partial charge in [-0.1, -0.05) is 48.9 Å². The Hall–Kier alpha value is -2.34. The minimum Gasteiger partial charge on any atom is -0.357 e. The van der Waals surface area contributed by atoms with Crippen molar-refractivity contribution in [3.8, 4) is 0 Å². The van der Waals surface area contributed by atoms with Crippen LogP contribution < -0.4 is 10.6 Å². The molecule has 0 spiro atoms. The molecule has 0 saturated heterocycles. The van der Waals surface area contributed by atoms with E-state index in [1.807, 2.05) is 12.1 Å². The Labute approximate surface area is 168 Å². The predicted molar refractivity (Wildman–Crippen MR) is 114 cm³/mol. The molecule has 0 amide bonds. The number of rotatable bonds is 7. The molecule has 1 saturated carbocycles. The van der Waals surface area contributed by atoms with Crippen molar-refractivity contribution >= 4 is 15.8 Å². The maximum atomic E-state index is 11.6. The molecule has 0 atom stereocenters. The van der Waals surface area contributed by atoms with Crippen LogP contribution in [0, 0.1) is 0 Å². The van der Waals surface area contributed by atoms with Crippen LogP contribution in [0.4, 0.5) is 0 Å². The van der Waals surface area contributed by atoms with Gasteiger partial charge >= 0.3 is 0 Å². The van der Waals surface area contributed by atoms with Crippen molar-refractivity contribution in [2.45, 2.75) is 43.0 Å². The Morgan fingerprint density at radius 2 is 1.71 bits per heavy atom. The van der Waals surface area contributed by atoms with Crippen LogP contribution in [0.1, 0.15) is 37.3 Å². The summed E-state index contributed by atoms with van der Waals surface area (Å²) >= 11 is 0. The smallest absolute Gasteiger partial charge is 0.191 e. The lowest BCUT2D eigenvalue weighted by molar-refractivity contribution is 0.244. The molecule has 0 aliphatic heterocycles. The first-order chi connectivity index (χ1) is 13.4. The van der Waals surface area contributed by atoms with Gasteiger partial charge in [0.05, 0.1) is 11.4 Å². The Kier molecular flexibility index (Phi) is 6.39. The lowest BCUT2D eigenvalue weighted by Crippen LogP contribution is -2.48. The molecule has 0 aromatic heterocycles. The average molecular weight is 400 g/mol. The van der Waals surface area contributed by atoms with Gasteiger partial charge in [-0.25, -0.2) is 13.4 Å². The summed E-state index contributed by atoms with van der Waals surface area (Å²) in [6, 6.07) is 17.6. The number of nitrogens with zero attached hydrogens (tertiary/aromatic N) is 1. The summed E-state index contributed by atoms with van der Waals surface area (Å²) < 4.78 is 23.2. The first-order valence-corrected chi connectivity index (χ1v) is 11.7. The molecule has 2 aromatic carbocycles. The fourth-order valence-corrected chi connectivity index (χ4v) is 4.20. The van der Waals surface area contributed by atoms with E-state index in [0.29, 0.717) is 11.4 Å². The lowest BCUT2D eigenvalue weighted by atomic mass is 9.64. The van der Waals surface area contributed by atoms with Gasteiger partial charge in [-0.2, -0.15) is 0 Å². The highest BCUT2D eigenvalue weighted by Gasteiger charge is 2.38. The molecule has 6 heteroatoms. The summed E-state index contributed by atoms with van der Waals surface area (Å²) in [7, 11) is -3.17. The molecular formula is C22H29N3O2S. The fraction of sp³-hybridized carbons (Fsp3) is 0.409. The van der Waals surface area contributed by atoms with Crippen LogP contribution in [-0.4, -0.2) is 33.7 Å². The summed E-state index contributed by atoms with van der Waals surface area (Å²) in [6.07, 6.45) is 4.86. The maximum absolute atomic E-state index is 11.6. The number of sulfone groups is 1. The van der Waals surface area contributed by atoms with Crippen molar-refractivity contribution in [1.82, 2.24) is 10.6 Å². The largest absolute Gasteiger partial charge is 0.357 e. The molecule has 1 aliphatic rings. The Morgan fingerprint density at radius 3 is 2.25 bits per heavy atom. The molecule has 0 radical (unpaired) electrons. The van der Waals surface area contributed by atoms with Crippen LogP contribution in [0.2, 0.25) is 0 Å². The van der Waals surface area contributed by atoms with Crippen molar-refractivity contribution < 1.29 is 8.42 Å². The summed E-state index contributed by atoms with van der Waals surface area (Å²) in [5.74, 6) is 0.789. The number of benzene rings is 2. The average Bonchev–Trinajstić information content (AvgIpc) is 2.65. The van der Waals surface area contributed by atoms with E-state index in [2.05, 4.69) is 52.9 Å². The highest BCUT2D eigenvalue weighted by atomic mass is 32.2. The normalized spacial score (nSPS) is 16.3. The Morgan fingerprint density at radius 1 is 1.04 bits per heavy atom. The van der Waals surface area contributed by atoms with Crippen molar-refractivity contribution in [2.24, 2.45) is 4.99 Å². The van der Waals surface area contributed by atoms with Gasteiger partial charge in [0.15, 0.2) is 15.8 Å². The number of hydrogen-bond donors (Lipinski definition) is 2. The van der Waals surface area contributed by atoms with E-state index in [1.54, 1.807) is 12.1 Å². The third-order valence-electron chi connectivity index (χ3n) is 5.41. The molecule has 3 rings (SSSR count). The summed E-state index contributed by atoms with van der Waals surface area (Å²) in [4.78, 5) is 5.01. The molecule has 0 bridgehead atoms. The van der Waals surface area contributed by atoms with Gasteiger partial charge in [0.1, 0.15) is 0 Å². The van der Waals surface area contributed by atoms with Crippen LogP contribution in [-0.2, 0) is 21.8 Å². The molecule has 1 aliphatic carbocycles. The quantitative estimate of drug-likeness (QED) is 0.554. The molecule has 2 N–H and O–H groups in total. The second kappa shape index (κ2) is 8.78. The van der Waals surface area contributed by atoms with Crippen LogP contribution in [0.15, 0.2) is 64.5 Å². The zero-order valence-electron chi connectivity index (χ0n) is 16.6. The molecule has 1 fully saturated rings. The standard InChI is InChI=1S/C22H29N3O2S/c1-3-23-21(24-16-18-10-12-20(13-11-18)28(2,26)27)25-17-22(14-7-15-22)19-8-5-4-6-9-19/h4-6,8-13H,3,7,14-17H2,1-2H3,(H2,23,24,25). The zero-order chi connectivity index (χ0) is 20.0. The molecule has 2 aromatic rings. The molecular weight excluding hydrogens is 370 g/mol. The van der Waals surface area contributed by atoms with E-state index in [0.717, 1.165) is 24.6 Å². The number of nitrogens with one attached hydrogen (secondary N) is 2. The minimum atomic E-state index is -3.17. The third kappa shape index (κ3) is 4.93. The Balaban J connectivity index is 1.66. The first-order valence-electron chi connectivity index (χ1n) is 9.80. The topological polar surface area (TPSA) is 70.6 Å². The second-order valence-electron chi connectivity index (χ2n) is 7.46. The number of guanidine groups is 1. The second-order valence-corrected chi connectivity index (χ2v) is 9.48. The molecule has 0 unspecified atom stereocenters. The van der Waals surface area contributed by atoms with Crippen LogP contribution in [0.25, 0.3) is 0 Å². The molecule has 0 heterocycles. The molecule has 150 valence electrons. The van der Waals surface area contributed by atoms with E-state index < -0.39 is 9.84 Å². The lowest BCUT2D eigenvalue weighted by Gasteiger charge is -2.43. The predicted octanol–water partition coefficient (Wildman–Crippen LogP) is 3.27. The summed E-state index contributed by atoms with van der Waals surface area (Å²) in [5.41, 5.74) is 2.56. The van der Waals surface area contributed by atoms with Crippen molar-refractivity contribution in [2.75, 3.05) is 19.3 Å². The monoisotopic (exact) mass is 399 g/mol. The summed E-state index contributed by atoms with van der Waals surface area (Å²) in [6.45, 7) is 4.19. The number of hydrogen-bond acceptors (Lipinski definition) is 3. The van der Waals surface area contributed by atoms with Gasteiger partial charge in [0.2, 0.25) is 0 Å². The summed E-state index contributed by atoms with van der Waals surface area (Å²) in [5, 5.41) is 6.81. The van der Waals surface area contributed by atoms with Crippen LogP contribution in [0.3, 0.4) is 0 Å².